The summed E-state index contributed by atoms with van der Waals surface area (Å²) in [6.07, 6.45) is 1.61. The number of hydrogen-bond donors (Lipinski definition) is 6. The largest absolute Gasteiger partial charge is 0.477 e. The van der Waals surface area contributed by atoms with Crippen molar-refractivity contribution in [1.82, 2.24) is 29.9 Å². The summed E-state index contributed by atoms with van der Waals surface area (Å²) in [5.74, 6) is -2.20. The number of hydrogen-bond acceptors (Lipinski definition) is 16. The number of carboxylic acids is 1. The number of nitrogens with two attached hydrogens (primary N) is 2. The van der Waals surface area contributed by atoms with E-state index in [2.05, 4.69) is 30.2 Å². The van der Waals surface area contributed by atoms with E-state index in [1.54, 1.807) is 18.3 Å². The first kappa shape index (κ1) is 31.6. The van der Waals surface area contributed by atoms with Gasteiger partial charge < -0.3 is 32.3 Å². The fourth-order valence-electron chi connectivity index (χ4n) is 3.86. The highest BCUT2D eigenvalue weighted by atomic mass is 32.2. The third-order valence-electron chi connectivity index (χ3n) is 5.89. The molecule has 2 aliphatic heterocycles. The molecule has 20 heteroatoms. The van der Waals surface area contributed by atoms with Crippen LogP contribution in [-0.2, 0) is 24.9 Å². The topological polar surface area (TPSA) is 256 Å². The van der Waals surface area contributed by atoms with Crippen LogP contribution in [0.2, 0.25) is 0 Å². The van der Waals surface area contributed by atoms with Gasteiger partial charge in [0.1, 0.15) is 23.2 Å². The van der Waals surface area contributed by atoms with E-state index in [1.165, 1.54) is 35.3 Å². The lowest BCUT2D eigenvalue weighted by molar-refractivity contribution is -0.150. The van der Waals surface area contributed by atoms with Gasteiger partial charge in [-0.1, -0.05) is 11.8 Å². The molecule has 1 unspecified atom stereocenters. The van der Waals surface area contributed by atoms with Gasteiger partial charge in [-0.3, -0.25) is 24.3 Å². The van der Waals surface area contributed by atoms with E-state index >= 15 is 0 Å². The van der Waals surface area contributed by atoms with Gasteiger partial charge in [-0.05, 0) is 17.3 Å². The second kappa shape index (κ2) is 14.2. The highest BCUT2D eigenvalue weighted by Gasteiger charge is 2.55. The standard InChI is InChI=1S/C22H25N9O7S4/c23-9(6-32)17(33)26-4-5-39-7-10-11(2-1-3-25-10)41-12-8-40-20-14(19(35)31(20)15(12)21(36)37)27-18(34)13(29-38)16-28-22(24)42-30-16/h1-3,9,13-14,20,32H,4-8,23H2,(H,26,33)(H,27,34)(H,36,37)(H2,24,28,30)/t9-,13?,14+,20-/m0/s1. The second-order valence-electron chi connectivity index (χ2n) is 8.65. The third kappa shape index (κ3) is 7.01. The summed E-state index contributed by atoms with van der Waals surface area (Å²) in [6.45, 7) is -0.107. The summed E-state index contributed by atoms with van der Waals surface area (Å²) in [7, 11) is 0. The summed E-state index contributed by atoms with van der Waals surface area (Å²) < 4.78 is 3.82. The molecule has 42 heavy (non-hydrogen) atoms. The number of nitrogens with one attached hydrogen (secondary N) is 2. The lowest BCUT2D eigenvalue weighted by Crippen LogP contribution is -2.70. The number of nitrogens with zero attached hydrogens (tertiary/aromatic N) is 5. The van der Waals surface area contributed by atoms with Crippen molar-refractivity contribution in [1.29, 1.82) is 0 Å². The maximum absolute atomic E-state index is 13.0. The molecule has 4 rings (SSSR count). The molecule has 2 aromatic heterocycles. The van der Waals surface area contributed by atoms with Gasteiger partial charge in [0.15, 0.2) is 11.0 Å². The average molecular weight is 656 g/mol. The highest BCUT2D eigenvalue weighted by Crippen LogP contribution is 2.45. The zero-order chi connectivity index (χ0) is 30.4. The molecule has 16 nitrogen and oxygen atoms in total. The van der Waals surface area contributed by atoms with Gasteiger partial charge in [-0.15, -0.1) is 16.7 Å². The van der Waals surface area contributed by atoms with E-state index in [9.17, 15) is 29.2 Å². The SMILES string of the molecule is Nc1nc(C(N=O)C(=O)N[C@@H]2C(=O)N3C(C(=O)O)=C(Sc4cccnc4CSCCNC(=O)[C@@H](N)CO)CS[C@@H]23)ns1. The van der Waals surface area contributed by atoms with Crippen LogP contribution in [0.5, 0.6) is 0 Å². The van der Waals surface area contributed by atoms with Crippen molar-refractivity contribution in [2.45, 2.75) is 34.1 Å². The third-order valence-corrected chi connectivity index (χ3v) is 10.1. The van der Waals surface area contributed by atoms with E-state index < -0.39 is 53.8 Å². The fraction of sp³-hybridized carbons (Fsp3) is 0.409. The molecule has 0 radical (unpaired) electrons. The number of amides is 3. The Labute approximate surface area is 255 Å². The number of pyridine rings is 1. The van der Waals surface area contributed by atoms with Crippen molar-refractivity contribution < 1.29 is 29.4 Å². The Morgan fingerprint density at radius 3 is 2.76 bits per heavy atom. The maximum atomic E-state index is 13.0. The summed E-state index contributed by atoms with van der Waals surface area (Å²) >= 11 is 4.74. The predicted molar refractivity (Wildman–Crippen MR) is 157 cm³/mol. The molecular weight excluding hydrogens is 631 g/mol. The predicted octanol–water partition coefficient (Wildman–Crippen LogP) is -0.520. The first-order chi connectivity index (χ1) is 20.2. The van der Waals surface area contributed by atoms with Crippen molar-refractivity contribution in [3.8, 4) is 0 Å². The van der Waals surface area contributed by atoms with E-state index in [0.717, 1.165) is 16.4 Å². The lowest BCUT2D eigenvalue weighted by Gasteiger charge is -2.49. The highest BCUT2D eigenvalue weighted by molar-refractivity contribution is 8.06. The number of aliphatic carboxylic acids is 1. The molecule has 3 amide bonds. The van der Waals surface area contributed by atoms with Gasteiger partial charge in [0.25, 0.3) is 11.8 Å². The van der Waals surface area contributed by atoms with E-state index in [-0.39, 0.29) is 22.4 Å². The molecule has 1 saturated heterocycles. The molecule has 2 aliphatic rings. The molecule has 1 fully saturated rings. The fourth-order valence-corrected chi connectivity index (χ4v) is 7.80. The van der Waals surface area contributed by atoms with Gasteiger partial charge >= 0.3 is 5.97 Å². The Morgan fingerprint density at radius 2 is 2.10 bits per heavy atom. The number of carbonyl (C=O) groups is 4. The molecule has 0 bridgehead atoms. The monoisotopic (exact) mass is 655 g/mol. The molecule has 0 aromatic carbocycles. The number of nitrogen functional groups attached to an aromatic ring is 1. The van der Waals surface area contributed by atoms with Crippen LogP contribution >= 0.6 is 46.8 Å². The molecule has 224 valence electrons. The Kier molecular flexibility index (Phi) is 10.7. The van der Waals surface area contributed by atoms with E-state index in [4.69, 9.17) is 16.6 Å². The molecular formula is C22H25N9O7S4. The number of aliphatic hydroxyl groups is 1. The Bertz CT molecular complexity index is 1410. The Morgan fingerprint density at radius 1 is 1.31 bits per heavy atom. The number of anilines is 1. The summed E-state index contributed by atoms with van der Waals surface area (Å²) in [5.41, 5.74) is 11.5. The molecule has 2 aromatic rings. The molecule has 4 heterocycles. The molecule has 0 saturated carbocycles. The van der Waals surface area contributed by atoms with Crippen molar-refractivity contribution in [2.24, 2.45) is 10.9 Å². The first-order valence-electron chi connectivity index (χ1n) is 12.1. The van der Waals surface area contributed by atoms with Crippen LogP contribution in [0.4, 0.5) is 5.13 Å². The van der Waals surface area contributed by atoms with Crippen molar-refractivity contribution in [3.63, 3.8) is 0 Å². The molecule has 4 atom stereocenters. The van der Waals surface area contributed by atoms with Crippen molar-refractivity contribution in [3.05, 3.63) is 45.4 Å². The summed E-state index contributed by atoms with van der Waals surface area (Å²) in [6, 6.07) is -0.136. The summed E-state index contributed by atoms with van der Waals surface area (Å²) in [5, 5.41) is 26.2. The van der Waals surface area contributed by atoms with Gasteiger partial charge in [0.2, 0.25) is 11.9 Å². The quantitative estimate of drug-likeness (QED) is 0.0850. The van der Waals surface area contributed by atoms with Crippen LogP contribution in [-0.4, -0.2) is 95.3 Å². The van der Waals surface area contributed by atoms with Crippen LogP contribution in [0.3, 0.4) is 0 Å². The lowest BCUT2D eigenvalue weighted by atomic mass is 10.0. The zero-order valence-electron chi connectivity index (χ0n) is 21.5. The van der Waals surface area contributed by atoms with Gasteiger partial charge in [0.05, 0.1) is 12.3 Å². The summed E-state index contributed by atoms with van der Waals surface area (Å²) in [4.78, 5) is 71.5. The molecule has 8 N–H and O–H groups in total. The average Bonchev–Trinajstić information content (AvgIpc) is 3.41. The number of aliphatic hydroxyl groups excluding tert-OH is 1. The molecule has 0 spiro atoms. The number of rotatable bonds is 14. The van der Waals surface area contributed by atoms with Gasteiger partial charge in [-0.2, -0.15) is 16.1 Å². The van der Waals surface area contributed by atoms with E-state index in [0.29, 0.717) is 33.5 Å². The van der Waals surface area contributed by atoms with Crippen LogP contribution in [0.25, 0.3) is 0 Å². The van der Waals surface area contributed by atoms with Crippen LogP contribution in [0, 0.1) is 4.91 Å². The van der Waals surface area contributed by atoms with Crippen LogP contribution in [0.15, 0.2) is 39.0 Å². The number of carbonyl (C=O) groups excluding carboxylic acids is 3. The number of thioether (sulfide) groups is 3. The van der Waals surface area contributed by atoms with Gasteiger partial charge in [0, 0.05) is 51.3 Å². The number of nitroso groups, excluding NO2 is 1. The minimum Gasteiger partial charge on any atom is -0.477 e. The number of β-lactam (4-membered cyclic amide) rings is 1. The second-order valence-corrected chi connectivity index (χ2v) is 12.8. The minimum atomic E-state index is -1.61. The number of fused-ring (bicyclic) bond motifs is 1. The Balaban J connectivity index is 1.41. The molecule has 0 aliphatic carbocycles. The normalized spacial score (nSPS) is 19.4. The maximum Gasteiger partial charge on any atom is 0.353 e. The Hall–Kier alpha value is -3.30. The van der Waals surface area contributed by atoms with E-state index in [1.807, 2.05) is 0 Å². The number of carboxylic acid groups (broad SMARTS) is 1. The zero-order valence-corrected chi connectivity index (χ0v) is 24.8. The first-order valence-corrected chi connectivity index (χ1v) is 15.9. The van der Waals surface area contributed by atoms with Crippen molar-refractivity contribution >= 4 is 75.6 Å². The van der Waals surface area contributed by atoms with Crippen LogP contribution < -0.4 is 22.1 Å². The number of aromatic nitrogens is 3. The van der Waals surface area contributed by atoms with Crippen LogP contribution in [0.1, 0.15) is 17.6 Å². The van der Waals surface area contributed by atoms with Gasteiger partial charge in [-0.25, -0.2) is 9.78 Å². The minimum absolute atomic E-state index is 0.0461. The smallest absolute Gasteiger partial charge is 0.353 e. The van der Waals surface area contributed by atoms with Crippen molar-refractivity contribution in [2.75, 3.05) is 30.4 Å².